The molecule has 2 fully saturated rings. The standard InChI is InChI=1S/C23H27FN4O2/c24-18-8-2-1-5-16(18)13-27-12-10-19-17(14-27)22(29)26-21(25-19)20-9-4-11-28(20)23(30)15-6-3-7-15/h1-2,5,8,15,20H,3-4,6-7,9-14H2,(H,25,26,29)/t20-/m1/s1. The van der Waals surface area contributed by atoms with Gasteiger partial charge in [0.2, 0.25) is 5.91 Å². The maximum absolute atomic E-state index is 14.0. The molecular formula is C23H27FN4O2. The Hall–Kier alpha value is -2.54. The zero-order valence-electron chi connectivity index (χ0n) is 17.1. The van der Waals surface area contributed by atoms with Gasteiger partial charge in [-0.15, -0.1) is 0 Å². The zero-order chi connectivity index (χ0) is 20.7. The number of amides is 1. The Kier molecular flexibility index (Phi) is 5.15. The summed E-state index contributed by atoms with van der Waals surface area (Å²) in [6.45, 7) is 2.41. The normalized spacial score (nSPS) is 22.0. The molecule has 1 aliphatic carbocycles. The molecular weight excluding hydrogens is 383 g/mol. The average molecular weight is 410 g/mol. The zero-order valence-corrected chi connectivity index (χ0v) is 17.1. The van der Waals surface area contributed by atoms with Crippen molar-refractivity contribution in [1.29, 1.82) is 0 Å². The van der Waals surface area contributed by atoms with Gasteiger partial charge in [0.25, 0.3) is 5.56 Å². The molecule has 1 aromatic carbocycles. The van der Waals surface area contributed by atoms with Crippen LogP contribution in [0, 0.1) is 11.7 Å². The molecule has 1 aromatic heterocycles. The van der Waals surface area contributed by atoms with E-state index < -0.39 is 0 Å². The summed E-state index contributed by atoms with van der Waals surface area (Å²) in [6.07, 6.45) is 5.54. The Morgan fingerprint density at radius 1 is 1.17 bits per heavy atom. The van der Waals surface area contributed by atoms with Crippen LogP contribution in [0.25, 0.3) is 0 Å². The molecule has 1 saturated carbocycles. The third-order valence-electron chi connectivity index (χ3n) is 6.82. The third kappa shape index (κ3) is 3.55. The second-order valence-corrected chi connectivity index (χ2v) is 8.75. The van der Waals surface area contributed by atoms with Gasteiger partial charge >= 0.3 is 0 Å². The SMILES string of the molecule is O=C(C1CCC1)N1CCC[C@@H]1c1nc2c(c(=O)[nH]1)CN(Cc1ccccc1F)CC2. The third-order valence-corrected chi connectivity index (χ3v) is 6.82. The number of carbonyl (C=O) groups is 1. The first-order valence-electron chi connectivity index (χ1n) is 11.0. The quantitative estimate of drug-likeness (QED) is 0.842. The van der Waals surface area contributed by atoms with Gasteiger partial charge in [-0.3, -0.25) is 14.5 Å². The molecule has 1 N–H and O–H groups in total. The minimum atomic E-state index is -0.219. The van der Waals surface area contributed by atoms with Gasteiger partial charge in [0.05, 0.1) is 17.3 Å². The van der Waals surface area contributed by atoms with E-state index in [4.69, 9.17) is 4.98 Å². The Bertz CT molecular complexity index is 1020. The summed E-state index contributed by atoms with van der Waals surface area (Å²) in [4.78, 5) is 37.5. The molecule has 3 heterocycles. The lowest BCUT2D eigenvalue weighted by Crippen LogP contribution is -2.40. The molecule has 30 heavy (non-hydrogen) atoms. The number of aromatic amines is 1. The van der Waals surface area contributed by atoms with Crippen LogP contribution in [0.5, 0.6) is 0 Å². The molecule has 0 unspecified atom stereocenters. The van der Waals surface area contributed by atoms with Crippen molar-refractivity contribution in [2.75, 3.05) is 13.1 Å². The Labute approximate surface area is 175 Å². The molecule has 5 rings (SSSR count). The predicted molar refractivity (Wildman–Crippen MR) is 110 cm³/mol. The van der Waals surface area contributed by atoms with Gasteiger partial charge in [-0.05, 0) is 31.7 Å². The summed E-state index contributed by atoms with van der Waals surface area (Å²) >= 11 is 0. The summed E-state index contributed by atoms with van der Waals surface area (Å²) in [5.41, 5.74) is 1.99. The molecule has 0 bridgehead atoms. The van der Waals surface area contributed by atoms with Crippen LogP contribution < -0.4 is 5.56 Å². The first-order chi connectivity index (χ1) is 14.6. The van der Waals surface area contributed by atoms with Crippen molar-refractivity contribution in [2.24, 2.45) is 5.92 Å². The van der Waals surface area contributed by atoms with Crippen molar-refractivity contribution in [3.8, 4) is 0 Å². The van der Waals surface area contributed by atoms with E-state index in [1.165, 1.54) is 6.07 Å². The molecule has 6 nitrogen and oxygen atoms in total. The lowest BCUT2D eigenvalue weighted by Gasteiger charge is -2.33. The lowest BCUT2D eigenvalue weighted by atomic mass is 9.84. The minimum Gasteiger partial charge on any atom is -0.332 e. The van der Waals surface area contributed by atoms with Gasteiger partial charge in [-0.1, -0.05) is 24.6 Å². The number of H-pyrrole nitrogens is 1. The average Bonchev–Trinajstić information content (AvgIpc) is 3.19. The predicted octanol–water partition coefficient (Wildman–Crippen LogP) is 2.93. The minimum absolute atomic E-state index is 0.118. The van der Waals surface area contributed by atoms with E-state index in [1.807, 2.05) is 11.0 Å². The van der Waals surface area contributed by atoms with Crippen molar-refractivity contribution in [3.05, 3.63) is 63.1 Å². The monoisotopic (exact) mass is 410 g/mol. The van der Waals surface area contributed by atoms with Gasteiger partial charge < -0.3 is 9.88 Å². The molecule has 2 aromatic rings. The van der Waals surface area contributed by atoms with Crippen LogP contribution in [0.2, 0.25) is 0 Å². The van der Waals surface area contributed by atoms with E-state index in [9.17, 15) is 14.0 Å². The maximum atomic E-state index is 14.0. The van der Waals surface area contributed by atoms with Crippen molar-refractivity contribution >= 4 is 5.91 Å². The second kappa shape index (κ2) is 7.95. The number of fused-ring (bicyclic) bond motifs is 1. The van der Waals surface area contributed by atoms with Crippen molar-refractivity contribution in [3.63, 3.8) is 0 Å². The summed E-state index contributed by atoms with van der Waals surface area (Å²) in [5.74, 6) is 0.789. The number of hydrogen-bond donors (Lipinski definition) is 1. The van der Waals surface area contributed by atoms with Gasteiger partial charge in [-0.25, -0.2) is 9.37 Å². The Morgan fingerprint density at radius 2 is 2.00 bits per heavy atom. The van der Waals surface area contributed by atoms with Crippen LogP contribution in [0.3, 0.4) is 0 Å². The summed E-state index contributed by atoms with van der Waals surface area (Å²) in [5, 5.41) is 0. The van der Waals surface area contributed by atoms with Crippen LogP contribution in [-0.2, 0) is 24.3 Å². The summed E-state index contributed by atoms with van der Waals surface area (Å²) in [7, 11) is 0. The Morgan fingerprint density at radius 3 is 2.77 bits per heavy atom. The largest absolute Gasteiger partial charge is 0.332 e. The molecule has 1 atom stereocenters. The molecule has 0 spiro atoms. The van der Waals surface area contributed by atoms with Gasteiger partial charge in [0.15, 0.2) is 0 Å². The number of benzene rings is 1. The molecule has 158 valence electrons. The van der Waals surface area contributed by atoms with Crippen molar-refractivity contribution in [1.82, 2.24) is 19.8 Å². The van der Waals surface area contributed by atoms with E-state index in [0.29, 0.717) is 36.5 Å². The number of hydrogen-bond acceptors (Lipinski definition) is 4. The fourth-order valence-electron chi connectivity index (χ4n) is 4.86. The van der Waals surface area contributed by atoms with E-state index in [0.717, 1.165) is 50.9 Å². The number of nitrogens with one attached hydrogen (secondary N) is 1. The lowest BCUT2D eigenvalue weighted by molar-refractivity contribution is -0.139. The van der Waals surface area contributed by atoms with Gasteiger partial charge in [0, 0.05) is 44.1 Å². The number of aromatic nitrogens is 2. The topological polar surface area (TPSA) is 69.3 Å². The smallest absolute Gasteiger partial charge is 0.255 e. The molecule has 0 radical (unpaired) electrons. The van der Waals surface area contributed by atoms with Crippen molar-refractivity contribution < 1.29 is 9.18 Å². The van der Waals surface area contributed by atoms with Crippen LogP contribution >= 0.6 is 0 Å². The number of rotatable bonds is 4. The van der Waals surface area contributed by atoms with E-state index >= 15 is 0 Å². The molecule has 1 amide bonds. The molecule has 1 saturated heterocycles. The number of carbonyl (C=O) groups excluding carboxylic acids is 1. The van der Waals surface area contributed by atoms with Gasteiger partial charge in [-0.2, -0.15) is 0 Å². The van der Waals surface area contributed by atoms with Crippen LogP contribution in [0.4, 0.5) is 4.39 Å². The van der Waals surface area contributed by atoms with Crippen LogP contribution in [0.15, 0.2) is 29.1 Å². The number of halogens is 1. The molecule has 2 aliphatic heterocycles. The fourth-order valence-corrected chi connectivity index (χ4v) is 4.86. The maximum Gasteiger partial charge on any atom is 0.255 e. The number of likely N-dealkylation sites (tertiary alicyclic amines) is 1. The fraction of sp³-hybridized carbons (Fsp3) is 0.522. The van der Waals surface area contributed by atoms with Crippen LogP contribution in [0.1, 0.15) is 60.8 Å². The highest BCUT2D eigenvalue weighted by Crippen LogP contribution is 2.36. The first-order valence-corrected chi connectivity index (χ1v) is 11.0. The second-order valence-electron chi connectivity index (χ2n) is 8.75. The highest BCUT2D eigenvalue weighted by Gasteiger charge is 2.37. The summed E-state index contributed by atoms with van der Waals surface area (Å²) in [6, 6.07) is 6.64. The van der Waals surface area contributed by atoms with Gasteiger partial charge in [0.1, 0.15) is 11.6 Å². The molecule has 7 heteroatoms. The molecule has 3 aliphatic rings. The summed E-state index contributed by atoms with van der Waals surface area (Å²) < 4.78 is 14.0. The number of nitrogens with zero attached hydrogens (tertiary/aromatic N) is 3. The highest BCUT2D eigenvalue weighted by molar-refractivity contribution is 5.80. The van der Waals surface area contributed by atoms with E-state index in [1.54, 1.807) is 12.1 Å². The van der Waals surface area contributed by atoms with Crippen molar-refractivity contribution in [2.45, 2.75) is 57.7 Å². The van der Waals surface area contributed by atoms with E-state index in [-0.39, 0.29) is 29.2 Å². The van der Waals surface area contributed by atoms with E-state index in [2.05, 4.69) is 9.88 Å². The highest BCUT2D eigenvalue weighted by atomic mass is 19.1. The van der Waals surface area contributed by atoms with Crippen LogP contribution in [-0.4, -0.2) is 38.8 Å². The first kappa shape index (κ1) is 19.4. The Balaban J connectivity index is 1.35.